The molecule has 2 aromatic carbocycles. The molecule has 0 unspecified atom stereocenters. The summed E-state index contributed by atoms with van der Waals surface area (Å²) in [6, 6.07) is 11.3. The van der Waals surface area contributed by atoms with E-state index in [-0.39, 0.29) is 28.4 Å². The van der Waals surface area contributed by atoms with E-state index in [0.29, 0.717) is 22.7 Å². The van der Waals surface area contributed by atoms with Crippen LogP contribution >= 0.6 is 0 Å². The highest BCUT2D eigenvalue weighted by atomic mass is 16.3. The Morgan fingerprint density at radius 3 is 2.26 bits per heavy atom. The van der Waals surface area contributed by atoms with E-state index in [4.69, 9.17) is 0 Å². The number of hydrogen-bond acceptors (Lipinski definition) is 6. The molecule has 0 atom stereocenters. The first-order valence-electron chi connectivity index (χ1n) is 9.79. The zero-order valence-corrected chi connectivity index (χ0v) is 18.1. The summed E-state index contributed by atoms with van der Waals surface area (Å²) in [7, 11) is 0. The number of aromatic hydroxyl groups is 2. The van der Waals surface area contributed by atoms with E-state index in [1.54, 1.807) is 13.8 Å². The van der Waals surface area contributed by atoms with Gasteiger partial charge in [0.05, 0.1) is 22.5 Å². The molecular formula is C23H26N4O4. The quantitative estimate of drug-likeness (QED) is 0.446. The lowest BCUT2D eigenvalue weighted by Crippen LogP contribution is -2.37. The van der Waals surface area contributed by atoms with Crippen molar-refractivity contribution in [3.05, 3.63) is 64.9 Å². The van der Waals surface area contributed by atoms with Crippen molar-refractivity contribution >= 4 is 23.2 Å². The van der Waals surface area contributed by atoms with E-state index >= 15 is 0 Å². The predicted molar refractivity (Wildman–Crippen MR) is 119 cm³/mol. The number of nitrogens with zero attached hydrogens (tertiary/aromatic N) is 2. The second-order valence-corrected chi connectivity index (χ2v) is 8.38. The standard InChI is InChI=1S/C23H26N4O4/c1-13(24-25-21(30)18-11-10-17(28)12-19(18)29)20-14(2)26-27(22(20)31)16-8-6-15(7-9-16)23(3,4)5/h6-12,24,28-29H,1-5H3,(H,25,30)/b20-13-. The number of carbonyl (C=O) groups excluding carboxylic acids is 2. The molecule has 4 N–H and O–H groups in total. The van der Waals surface area contributed by atoms with Gasteiger partial charge in [0.1, 0.15) is 11.5 Å². The van der Waals surface area contributed by atoms with Gasteiger partial charge < -0.3 is 15.6 Å². The molecule has 8 heteroatoms. The molecule has 3 rings (SSSR count). The predicted octanol–water partition coefficient (Wildman–Crippen LogP) is 3.33. The molecule has 162 valence electrons. The molecule has 1 aliphatic heterocycles. The Bertz CT molecular complexity index is 1100. The number of rotatable bonds is 4. The smallest absolute Gasteiger partial charge is 0.282 e. The molecule has 2 aromatic rings. The summed E-state index contributed by atoms with van der Waals surface area (Å²) < 4.78 is 0. The van der Waals surface area contributed by atoms with Crippen molar-refractivity contribution in [1.29, 1.82) is 0 Å². The van der Waals surface area contributed by atoms with Gasteiger partial charge in [0.2, 0.25) is 0 Å². The Labute approximate surface area is 180 Å². The van der Waals surface area contributed by atoms with Crippen LogP contribution in [0.3, 0.4) is 0 Å². The molecule has 0 spiro atoms. The van der Waals surface area contributed by atoms with Crippen molar-refractivity contribution in [2.45, 2.75) is 40.0 Å². The summed E-state index contributed by atoms with van der Waals surface area (Å²) in [5, 5.41) is 24.8. The molecule has 0 fully saturated rings. The van der Waals surface area contributed by atoms with Gasteiger partial charge in [0.15, 0.2) is 0 Å². The van der Waals surface area contributed by atoms with Crippen LogP contribution in [-0.2, 0) is 10.2 Å². The van der Waals surface area contributed by atoms with Crippen LogP contribution in [0, 0.1) is 0 Å². The number of nitrogens with one attached hydrogen (secondary N) is 2. The summed E-state index contributed by atoms with van der Waals surface area (Å²) >= 11 is 0. The van der Waals surface area contributed by atoms with E-state index in [9.17, 15) is 19.8 Å². The maximum absolute atomic E-state index is 13.0. The van der Waals surface area contributed by atoms with Gasteiger partial charge in [0, 0.05) is 11.8 Å². The first-order chi connectivity index (χ1) is 14.5. The second kappa shape index (κ2) is 8.14. The highest BCUT2D eigenvalue weighted by Crippen LogP contribution is 2.28. The summed E-state index contributed by atoms with van der Waals surface area (Å²) in [6.45, 7) is 9.72. The van der Waals surface area contributed by atoms with Gasteiger partial charge in [-0.15, -0.1) is 0 Å². The Kier molecular flexibility index (Phi) is 5.75. The van der Waals surface area contributed by atoms with Gasteiger partial charge in [-0.2, -0.15) is 10.1 Å². The fourth-order valence-electron chi connectivity index (χ4n) is 3.21. The fourth-order valence-corrected chi connectivity index (χ4v) is 3.21. The van der Waals surface area contributed by atoms with Crippen molar-refractivity contribution in [1.82, 2.24) is 10.9 Å². The van der Waals surface area contributed by atoms with Crippen molar-refractivity contribution < 1.29 is 19.8 Å². The van der Waals surface area contributed by atoms with Crippen LogP contribution in [0.2, 0.25) is 0 Å². The van der Waals surface area contributed by atoms with Gasteiger partial charge in [-0.25, -0.2) is 0 Å². The Hall–Kier alpha value is -3.81. The SMILES string of the molecule is CC1=NN(c2ccc(C(C)(C)C)cc2)C(=O)/C1=C(/C)NNC(=O)c1ccc(O)cc1O. The first kappa shape index (κ1) is 21.9. The number of hydrazone groups is 1. The van der Waals surface area contributed by atoms with Crippen LogP contribution in [0.5, 0.6) is 11.5 Å². The third-order valence-electron chi connectivity index (χ3n) is 4.96. The first-order valence-corrected chi connectivity index (χ1v) is 9.79. The second-order valence-electron chi connectivity index (χ2n) is 8.38. The lowest BCUT2D eigenvalue weighted by molar-refractivity contribution is -0.114. The molecule has 31 heavy (non-hydrogen) atoms. The van der Waals surface area contributed by atoms with Gasteiger partial charge >= 0.3 is 0 Å². The molecule has 2 amide bonds. The molecule has 0 aromatic heterocycles. The van der Waals surface area contributed by atoms with E-state index in [1.807, 2.05) is 24.3 Å². The van der Waals surface area contributed by atoms with E-state index in [1.165, 1.54) is 17.1 Å². The van der Waals surface area contributed by atoms with Crippen LogP contribution in [-0.4, -0.2) is 27.7 Å². The van der Waals surface area contributed by atoms with Crippen LogP contribution in [0.15, 0.2) is 58.8 Å². The number of phenols is 2. The lowest BCUT2D eigenvalue weighted by Gasteiger charge is -2.20. The number of hydrogen-bond donors (Lipinski definition) is 4. The van der Waals surface area contributed by atoms with Gasteiger partial charge in [-0.3, -0.25) is 15.0 Å². The van der Waals surface area contributed by atoms with Crippen LogP contribution in [0.4, 0.5) is 5.69 Å². The lowest BCUT2D eigenvalue weighted by atomic mass is 9.87. The largest absolute Gasteiger partial charge is 0.508 e. The van der Waals surface area contributed by atoms with Crippen molar-refractivity contribution in [2.24, 2.45) is 5.10 Å². The summed E-state index contributed by atoms with van der Waals surface area (Å²) in [4.78, 5) is 25.3. The molecule has 0 radical (unpaired) electrons. The van der Waals surface area contributed by atoms with E-state index in [2.05, 4.69) is 36.7 Å². The van der Waals surface area contributed by atoms with Crippen molar-refractivity contribution in [2.75, 3.05) is 5.01 Å². The summed E-state index contributed by atoms with van der Waals surface area (Å²) in [6.07, 6.45) is 0. The number of carbonyl (C=O) groups is 2. The molecule has 1 aliphatic rings. The zero-order chi connectivity index (χ0) is 22.9. The third kappa shape index (κ3) is 4.53. The highest BCUT2D eigenvalue weighted by Gasteiger charge is 2.31. The molecule has 1 heterocycles. The Morgan fingerprint density at radius 2 is 1.68 bits per heavy atom. The fraction of sp³-hybridized carbons (Fsp3) is 0.261. The minimum atomic E-state index is -0.618. The van der Waals surface area contributed by atoms with E-state index in [0.717, 1.165) is 11.6 Å². The third-order valence-corrected chi connectivity index (χ3v) is 4.96. The van der Waals surface area contributed by atoms with Crippen molar-refractivity contribution in [3.8, 4) is 11.5 Å². The number of allylic oxidation sites excluding steroid dienone is 1. The maximum Gasteiger partial charge on any atom is 0.282 e. The molecule has 0 saturated carbocycles. The summed E-state index contributed by atoms with van der Waals surface area (Å²) in [5.74, 6) is -1.44. The average Bonchev–Trinajstić information content (AvgIpc) is 2.99. The van der Waals surface area contributed by atoms with Crippen LogP contribution < -0.4 is 15.9 Å². The molecule has 0 saturated heterocycles. The zero-order valence-electron chi connectivity index (χ0n) is 18.1. The monoisotopic (exact) mass is 422 g/mol. The highest BCUT2D eigenvalue weighted by molar-refractivity contribution is 6.30. The number of amides is 2. The molecule has 0 bridgehead atoms. The summed E-state index contributed by atoms with van der Waals surface area (Å²) in [5.41, 5.74) is 8.19. The van der Waals surface area contributed by atoms with Crippen LogP contribution in [0.1, 0.15) is 50.5 Å². The molecular weight excluding hydrogens is 396 g/mol. The molecule has 8 nitrogen and oxygen atoms in total. The average molecular weight is 422 g/mol. The number of phenolic OH excluding ortho intramolecular Hbond substituents is 2. The van der Waals surface area contributed by atoms with Gasteiger partial charge in [-0.05, 0) is 49.1 Å². The normalized spacial score (nSPS) is 15.6. The topological polar surface area (TPSA) is 114 Å². The Balaban J connectivity index is 1.76. The van der Waals surface area contributed by atoms with Gasteiger partial charge in [-0.1, -0.05) is 32.9 Å². The van der Waals surface area contributed by atoms with E-state index < -0.39 is 5.91 Å². The minimum absolute atomic E-state index is 0.00242. The number of anilines is 1. The number of benzene rings is 2. The van der Waals surface area contributed by atoms with Crippen LogP contribution in [0.25, 0.3) is 0 Å². The molecule has 0 aliphatic carbocycles. The minimum Gasteiger partial charge on any atom is -0.508 e. The van der Waals surface area contributed by atoms with Crippen molar-refractivity contribution in [3.63, 3.8) is 0 Å². The number of hydrazine groups is 1. The Morgan fingerprint density at radius 1 is 1.03 bits per heavy atom. The van der Waals surface area contributed by atoms with Gasteiger partial charge in [0.25, 0.3) is 11.8 Å². The maximum atomic E-state index is 13.0.